The molecule has 0 spiro atoms. The molecule has 0 aliphatic carbocycles. The fourth-order valence-corrected chi connectivity index (χ4v) is 3.81. The summed E-state index contributed by atoms with van der Waals surface area (Å²) in [5.41, 5.74) is 3.00. The molecule has 0 bridgehead atoms. The molecule has 2 fully saturated rings. The number of nitrogens with one attached hydrogen (secondary N) is 3. The minimum Gasteiger partial charge on any atom is -0.378 e. The topological polar surface area (TPSA) is 101 Å². The lowest BCUT2D eigenvalue weighted by molar-refractivity contribution is 0.0682. The fraction of sp³-hybridized carbons (Fsp3) is 0.476. The third kappa shape index (κ3) is 4.31. The zero-order chi connectivity index (χ0) is 21.1. The Hall–Kier alpha value is -2.91. The molecule has 2 amide bonds. The number of rotatable bonds is 6. The summed E-state index contributed by atoms with van der Waals surface area (Å²) in [4.78, 5) is 22.9. The third-order valence-electron chi connectivity index (χ3n) is 5.36. The predicted octanol–water partition coefficient (Wildman–Crippen LogP) is 1.48. The van der Waals surface area contributed by atoms with E-state index in [1.165, 1.54) is 0 Å². The molecule has 2 saturated heterocycles. The van der Waals surface area contributed by atoms with Crippen molar-refractivity contribution in [1.82, 2.24) is 20.6 Å². The molecule has 2 aromatic rings. The lowest BCUT2D eigenvalue weighted by Gasteiger charge is -2.18. The molecule has 0 radical (unpaired) electrons. The Morgan fingerprint density at radius 1 is 1.10 bits per heavy atom. The number of benzene rings is 1. The van der Waals surface area contributed by atoms with Crippen LogP contribution in [0.5, 0.6) is 0 Å². The number of carbonyl (C=O) groups excluding carboxylic acids is 1. The zero-order valence-corrected chi connectivity index (χ0v) is 17.5. The maximum atomic E-state index is 11.8. The quantitative estimate of drug-likeness (QED) is 0.661. The number of amides is 2. The van der Waals surface area contributed by atoms with Gasteiger partial charge in [-0.2, -0.15) is 0 Å². The highest BCUT2D eigenvalue weighted by atomic mass is 16.6. The maximum absolute atomic E-state index is 11.8. The van der Waals surface area contributed by atoms with E-state index >= 15 is 0 Å². The van der Waals surface area contributed by atoms with Crippen LogP contribution in [0, 0.1) is 0 Å². The van der Waals surface area contributed by atoms with Gasteiger partial charge in [-0.05, 0) is 25.1 Å². The van der Waals surface area contributed by atoms with Crippen molar-refractivity contribution in [1.29, 1.82) is 0 Å². The van der Waals surface area contributed by atoms with Crippen molar-refractivity contribution in [2.75, 3.05) is 44.1 Å². The second-order valence-corrected chi connectivity index (χ2v) is 7.66. The standard InChI is InChI=1S/C21H28N6O3/c1-4-22-21(28)26-17-12-30-18-16(11-29-19(17)18)25-20-23-10-9-15(24-20)13-5-7-14(8-6-13)27(2)3/h5-10,16-19H,4,11-12H2,1-3H3,(H2,22,26,28)(H,23,24,25)/t16-,17-,18+,19+/m0/s1. The van der Waals surface area contributed by atoms with Gasteiger partial charge in [0, 0.05) is 38.1 Å². The van der Waals surface area contributed by atoms with E-state index in [4.69, 9.17) is 9.47 Å². The molecule has 2 aliphatic rings. The molecule has 160 valence electrons. The number of aromatic nitrogens is 2. The van der Waals surface area contributed by atoms with E-state index in [1.54, 1.807) is 6.20 Å². The molecule has 9 nitrogen and oxygen atoms in total. The van der Waals surface area contributed by atoms with Gasteiger partial charge in [-0.1, -0.05) is 12.1 Å². The minimum absolute atomic E-state index is 0.0811. The summed E-state index contributed by atoms with van der Waals surface area (Å²) in [6, 6.07) is 9.66. The zero-order valence-electron chi connectivity index (χ0n) is 17.5. The van der Waals surface area contributed by atoms with Crippen LogP contribution in [0.2, 0.25) is 0 Å². The smallest absolute Gasteiger partial charge is 0.315 e. The van der Waals surface area contributed by atoms with E-state index in [2.05, 4.69) is 43.0 Å². The van der Waals surface area contributed by atoms with Crippen LogP contribution in [-0.2, 0) is 9.47 Å². The molecule has 3 N–H and O–H groups in total. The van der Waals surface area contributed by atoms with Crippen LogP contribution in [0.25, 0.3) is 11.3 Å². The molecule has 0 saturated carbocycles. The Morgan fingerprint density at radius 2 is 1.80 bits per heavy atom. The van der Waals surface area contributed by atoms with E-state index in [0.29, 0.717) is 25.7 Å². The molecule has 30 heavy (non-hydrogen) atoms. The molecule has 1 aromatic carbocycles. The molecule has 9 heteroatoms. The van der Waals surface area contributed by atoms with Gasteiger partial charge in [-0.25, -0.2) is 14.8 Å². The average Bonchev–Trinajstić information content (AvgIpc) is 3.32. The lowest BCUT2D eigenvalue weighted by Crippen LogP contribution is -2.48. The van der Waals surface area contributed by atoms with Crippen LogP contribution in [-0.4, -0.2) is 74.1 Å². The fourth-order valence-electron chi connectivity index (χ4n) is 3.81. The van der Waals surface area contributed by atoms with E-state index < -0.39 is 0 Å². The highest BCUT2D eigenvalue weighted by molar-refractivity contribution is 5.74. The maximum Gasteiger partial charge on any atom is 0.315 e. The highest BCUT2D eigenvalue weighted by Gasteiger charge is 2.48. The van der Waals surface area contributed by atoms with Crippen LogP contribution in [0.1, 0.15) is 6.92 Å². The molecule has 4 atom stereocenters. The first-order valence-corrected chi connectivity index (χ1v) is 10.2. The number of carbonyl (C=O) groups is 1. The second kappa shape index (κ2) is 8.85. The Bertz CT molecular complexity index is 875. The Balaban J connectivity index is 1.41. The van der Waals surface area contributed by atoms with Gasteiger partial charge in [0.2, 0.25) is 5.95 Å². The first kappa shape index (κ1) is 20.4. The predicted molar refractivity (Wildman–Crippen MR) is 115 cm³/mol. The summed E-state index contributed by atoms with van der Waals surface area (Å²) >= 11 is 0. The van der Waals surface area contributed by atoms with Crippen molar-refractivity contribution < 1.29 is 14.3 Å². The summed E-state index contributed by atoms with van der Waals surface area (Å²) in [6.45, 7) is 3.34. The average molecular weight is 412 g/mol. The van der Waals surface area contributed by atoms with Gasteiger partial charge in [0.25, 0.3) is 0 Å². The van der Waals surface area contributed by atoms with Crippen molar-refractivity contribution in [3.63, 3.8) is 0 Å². The van der Waals surface area contributed by atoms with Crippen LogP contribution in [0.4, 0.5) is 16.4 Å². The van der Waals surface area contributed by atoms with Crippen LogP contribution >= 0.6 is 0 Å². The normalized spacial score (nSPS) is 24.9. The highest BCUT2D eigenvalue weighted by Crippen LogP contribution is 2.29. The molecule has 4 rings (SSSR count). The van der Waals surface area contributed by atoms with Crippen LogP contribution in [0.15, 0.2) is 36.5 Å². The Morgan fingerprint density at radius 3 is 2.50 bits per heavy atom. The van der Waals surface area contributed by atoms with Gasteiger partial charge in [-0.3, -0.25) is 0 Å². The summed E-state index contributed by atoms with van der Waals surface area (Å²) < 4.78 is 11.8. The lowest BCUT2D eigenvalue weighted by atomic mass is 10.1. The number of urea groups is 1. The molecular weight excluding hydrogens is 384 g/mol. The third-order valence-corrected chi connectivity index (χ3v) is 5.36. The number of anilines is 2. The van der Waals surface area contributed by atoms with E-state index in [9.17, 15) is 4.79 Å². The number of hydrogen-bond donors (Lipinski definition) is 3. The molecule has 2 aliphatic heterocycles. The first-order chi connectivity index (χ1) is 14.5. The number of fused-ring (bicyclic) bond motifs is 1. The summed E-state index contributed by atoms with van der Waals surface area (Å²) in [5, 5.41) is 8.99. The molecule has 3 heterocycles. The first-order valence-electron chi connectivity index (χ1n) is 10.2. The number of nitrogens with zero attached hydrogens (tertiary/aromatic N) is 3. The van der Waals surface area contributed by atoms with Gasteiger partial charge in [0.15, 0.2) is 0 Å². The van der Waals surface area contributed by atoms with Crippen molar-refractivity contribution in [3.8, 4) is 11.3 Å². The minimum atomic E-state index is -0.205. The van der Waals surface area contributed by atoms with Gasteiger partial charge < -0.3 is 30.3 Å². The Labute approximate surface area is 176 Å². The van der Waals surface area contributed by atoms with Gasteiger partial charge in [0.05, 0.1) is 31.0 Å². The van der Waals surface area contributed by atoms with E-state index in [1.807, 2.05) is 39.2 Å². The SMILES string of the molecule is CCNC(=O)N[C@H]1CO[C@H]2[C@@H]1OC[C@@H]2Nc1nccc(-c2ccc(N(C)C)cc2)n1. The molecular formula is C21H28N6O3. The van der Waals surface area contributed by atoms with E-state index in [-0.39, 0.29) is 30.3 Å². The molecule has 1 aromatic heterocycles. The van der Waals surface area contributed by atoms with Gasteiger partial charge in [0.1, 0.15) is 12.2 Å². The monoisotopic (exact) mass is 412 g/mol. The number of ether oxygens (including phenoxy) is 2. The van der Waals surface area contributed by atoms with Crippen molar-refractivity contribution in [3.05, 3.63) is 36.5 Å². The van der Waals surface area contributed by atoms with Crippen molar-refractivity contribution >= 4 is 17.7 Å². The van der Waals surface area contributed by atoms with Crippen LogP contribution in [0.3, 0.4) is 0 Å². The number of hydrogen-bond acceptors (Lipinski definition) is 7. The Kier molecular flexibility index (Phi) is 6.01. The molecule has 0 unspecified atom stereocenters. The summed E-state index contributed by atoms with van der Waals surface area (Å²) in [5.74, 6) is 0.530. The summed E-state index contributed by atoms with van der Waals surface area (Å²) in [6.07, 6.45) is 1.39. The van der Waals surface area contributed by atoms with Gasteiger partial charge >= 0.3 is 6.03 Å². The van der Waals surface area contributed by atoms with Gasteiger partial charge in [-0.15, -0.1) is 0 Å². The largest absolute Gasteiger partial charge is 0.378 e. The van der Waals surface area contributed by atoms with Crippen molar-refractivity contribution in [2.45, 2.75) is 31.2 Å². The van der Waals surface area contributed by atoms with Crippen molar-refractivity contribution in [2.24, 2.45) is 0 Å². The van der Waals surface area contributed by atoms with Crippen LogP contribution < -0.4 is 20.9 Å². The second-order valence-electron chi connectivity index (χ2n) is 7.66. The summed E-state index contributed by atoms with van der Waals surface area (Å²) in [7, 11) is 4.03. The van der Waals surface area contributed by atoms with E-state index in [0.717, 1.165) is 16.9 Å².